The van der Waals surface area contributed by atoms with Gasteiger partial charge in [-0.05, 0) is 44.2 Å². The number of rotatable bonds is 8. The Labute approximate surface area is 250 Å². The zero-order chi connectivity index (χ0) is 29.8. The Kier molecular flexibility index (Phi) is 8.65. The molecule has 2 aromatic heterocycles. The van der Waals surface area contributed by atoms with Gasteiger partial charge in [0.15, 0.2) is 0 Å². The fourth-order valence-electron chi connectivity index (χ4n) is 4.35. The largest absolute Gasteiger partial charge is 0.493 e. The molecule has 0 saturated heterocycles. The number of carbonyl (C=O) groups excluding carboxylic acids is 2. The Bertz CT molecular complexity index is 1720. The van der Waals surface area contributed by atoms with Crippen molar-refractivity contribution >= 4 is 46.4 Å². The lowest BCUT2D eigenvalue weighted by molar-refractivity contribution is -0.117. The Morgan fingerprint density at radius 3 is 2.67 bits per heavy atom. The molecule has 12 heteroatoms. The van der Waals surface area contributed by atoms with Gasteiger partial charge in [-0.2, -0.15) is 0 Å². The molecule has 0 saturated carbocycles. The highest BCUT2D eigenvalue weighted by Crippen LogP contribution is 2.36. The van der Waals surface area contributed by atoms with Crippen LogP contribution in [0.4, 0.5) is 10.1 Å². The van der Waals surface area contributed by atoms with Gasteiger partial charge >= 0.3 is 0 Å². The van der Waals surface area contributed by atoms with Crippen molar-refractivity contribution < 1.29 is 23.5 Å². The molecular formula is C30H24Cl2FN5O4. The van der Waals surface area contributed by atoms with E-state index in [2.05, 4.69) is 25.6 Å². The van der Waals surface area contributed by atoms with Crippen LogP contribution in [0.25, 0.3) is 0 Å². The van der Waals surface area contributed by atoms with E-state index < -0.39 is 29.4 Å². The Morgan fingerprint density at radius 1 is 1.07 bits per heavy atom. The van der Waals surface area contributed by atoms with Gasteiger partial charge in [0.2, 0.25) is 12.0 Å². The first-order valence-corrected chi connectivity index (χ1v) is 13.6. The average Bonchev–Trinajstić information content (AvgIpc) is 3.08. The summed E-state index contributed by atoms with van der Waals surface area (Å²) in [6.45, 7) is 3.89. The van der Waals surface area contributed by atoms with E-state index in [4.69, 9.17) is 32.7 Å². The Balaban J connectivity index is 1.53. The molecule has 2 amide bonds. The molecular weight excluding hydrogens is 584 g/mol. The van der Waals surface area contributed by atoms with Crippen LogP contribution in [-0.4, -0.2) is 40.3 Å². The molecule has 1 aliphatic heterocycles. The highest BCUT2D eigenvalue weighted by molar-refractivity contribution is 6.39. The van der Waals surface area contributed by atoms with E-state index >= 15 is 4.39 Å². The number of carbonyl (C=O) groups is 2. The number of aryl methyl sites for hydroxylation is 1. The molecule has 4 aromatic rings. The summed E-state index contributed by atoms with van der Waals surface area (Å²) in [5.74, 6) is -2.42. The number of amides is 2. The van der Waals surface area contributed by atoms with E-state index in [0.717, 1.165) is 11.6 Å². The maximum absolute atomic E-state index is 15.0. The predicted octanol–water partition coefficient (Wildman–Crippen LogP) is 5.75. The minimum atomic E-state index is -1.49. The van der Waals surface area contributed by atoms with Gasteiger partial charge in [-0.15, -0.1) is 0 Å². The summed E-state index contributed by atoms with van der Waals surface area (Å²) in [5, 5.41) is 5.84. The summed E-state index contributed by atoms with van der Waals surface area (Å²) in [5.41, 5.74) is 2.54. The minimum Gasteiger partial charge on any atom is -0.493 e. The van der Waals surface area contributed by atoms with Crippen molar-refractivity contribution in [1.29, 1.82) is 0 Å². The predicted molar refractivity (Wildman–Crippen MR) is 157 cm³/mol. The van der Waals surface area contributed by atoms with Crippen molar-refractivity contribution in [3.8, 4) is 11.6 Å². The average molecular weight is 608 g/mol. The smallest absolute Gasteiger partial charge is 0.269 e. The molecule has 2 aromatic carbocycles. The molecule has 0 fully saturated rings. The molecule has 2 N–H and O–H groups in total. The first-order valence-electron chi connectivity index (χ1n) is 12.9. The second-order valence-corrected chi connectivity index (χ2v) is 9.94. The highest BCUT2D eigenvalue weighted by Gasteiger charge is 2.31. The number of benzodiazepines with no additional fused rings is 1. The third-order valence-corrected chi connectivity index (χ3v) is 6.86. The highest BCUT2D eigenvalue weighted by atomic mass is 35.5. The molecule has 0 spiro atoms. The summed E-state index contributed by atoms with van der Waals surface area (Å²) in [4.78, 5) is 39.7. The first kappa shape index (κ1) is 29.0. The number of pyridine rings is 2. The number of hydrogen-bond acceptors (Lipinski definition) is 7. The number of aliphatic imine (C=N–C) groups is 1. The summed E-state index contributed by atoms with van der Waals surface area (Å²) >= 11 is 12.9. The molecule has 5 rings (SSSR count). The second-order valence-electron chi connectivity index (χ2n) is 9.09. The van der Waals surface area contributed by atoms with E-state index in [1.807, 2.05) is 0 Å². The lowest BCUT2D eigenvalue weighted by atomic mass is 9.99. The number of para-hydroxylation sites is 1. The second kappa shape index (κ2) is 12.5. The number of halogens is 3. The number of ether oxygens (including phenoxy) is 2. The molecule has 0 bridgehead atoms. The summed E-state index contributed by atoms with van der Waals surface area (Å²) < 4.78 is 26.6. The van der Waals surface area contributed by atoms with E-state index in [9.17, 15) is 9.59 Å². The van der Waals surface area contributed by atoms with Crippen LogP contribution in [0, 0.1) is 12.7 Å². The topological polar surface area (TPSA) is 115 Å². The van der Waals surface area contributed by atoms with Gasteiger partial charge in [-0.25, -0.2) is 14.4 Å². The van der Waals surface area contributed by atoms with Crippen LogP contribution in [0.15, 0.2) is 72.0 Å². The van der Waals surface area contributed by atoms with Crippen molar-refractivity contribution in [3.05, 3.63) is 111 Å². The maximum atomic E-state index is 15.0. The van der Waals surface area contributed by atoms with Gasteiger partial charge in [0, 0.05) is 34.2 Å². The Morgan fingerprint density at radius 2 is 1.88 bits per heavy atom. The van der Waals surface area contributed by atoms with Gasteiger partial charge in [0.1, 0.15) is 23.7 Å². The SMILES string of the molecule is CCOc1cc(Cl)cc(Cl)c1C1=NC(NC(=O)c2c(F)ccnc2OCc2cccnc2C)C(=O)Nc2ccccc21. The van der Waals surface area contributed by atoms with Gasteiger partial charge < -0.3 is 20.1 Å². The normalized spacial score (nSPS) is 14.3. The molecule has 1 unspecified atom stereocenters. The minimum absolute atomic E-state index is 0.00674. The number of anilines is 1. The summed E-state index contributed by atoms with van der Waals surface area (Å²) in [6.07, 6.45) is 1.33. The Hall–Kier alpha value is -4.54. The van der Waals surface area contributed by atoms with Crippen LogP contribution >= 0.6 is 23.2 Å². The zero-order valence-corrected chi connectivity index (χ0v) is 24.0. The van der Waals surface area contributed by atoms with Crippen molar-refractivity contribution in [2.24, 2.45) is 4.99 Å². The number of hydrogen-bond donors (Lipinski definition) is 2. The fourth-order valence-corrected chi connectivity index (χ4v) is 4.92. The third-order valence-electron chi connectivity index (χ3n) is 6.34. The van der Waals surface area contributed by atoms with E-state index in [-0.39, 0.29) is 23.2 Å². The standard InChI is InChI=1S/C30H24Cl2FN5O4/c1-3-41-23-14-18(31)13-20(32)24(23)26-19-8-4-5-9-22(19)36-29(40)27(37-26)38-28(39)25-21(33)10-12-35-30(25)42-15-17-7-6-11-34-16(17)2/h4-14,27H,3,15H2,1-2H3,(H,36,40)(H,38,39). The number of aromatic nitrogens is 2. The number of nitrogens with zero attached hydrogens (tertiary/aromatic N) is 3. The van der Waals surface area contributed by atoms with Crippen molar-refractivity contribution in [2.75, 3.05) is 11.9 Å². The molecule has 3 heterocycles. The van der Waals surface area contributed by atoms with E-state index in [1.54, 1.807) is 62.5 Å². The number of fused-ring (bicyclic) bond motifs is 1. The lowest BCUT2D eigenvalue weighted by Crippen LogP contribution is -2.42. The van der Waals surface area contributed by atoms with Crippen LogP contribution in [0.1, 0.15) is 39.7 Å². The van der Waals surface area contributed by atoms with Crippen LogP contribution in [0.5, 0.6) is 11.6 Å². The van der Waals surface area contributed by atoms with Crippen molar-refractivity contribution in [3.63, 3.8) is 0 Å². The summed E-state index contributed by atoms with van der Waals surface area (Å²) in [7, 11) is 0. The molecule has 9 nitrogen and oxygen atoms in total. The lowest BCUT2D eigenvalue weighted by Gasteiger charge is -2.17. The molecule has 214 valence electrons. The first-order chi connectivity index (χ1) is 20.3. The van der Waals surface area contributed by atoms with E-state index in [0.29, 0.717) is 39.9 Å². The fraction of sp³-hybridized carbons (Fsp3) is 0.167. The van der Waals surface area contributed by atoms with Crippen LogP contribution in [0.3, 0.4) is 0 Å². The number of benzene rings is 2. The van der Waals surface area contributed by atoms with Crippen LogP contribution in [0.2, 0.25) is 10.0 Å². The quantitative estimate of drug-likeness (QED) is 0.263. The van der Waals surface area contributed by atoms with Gasteiger partial charge in [-0.1, -0.05) is 47.5 Å². The molecule has 42 heavy (non-hydrogen) atoms. The monoisotopic (exact) mass is 607 g/mol. The van der Waals surface area contributed by atoms with Crippen molar-refractivity contribution in [2.45, 2.75) is 26.6 Å². The number of nitrogens with one attached hydrogen (secondary N) is 2. The van der Waals surface area contributed by atoms with E-state index in [1.165, 1.54) is 12.3 Å². The van der Waals surface area contributed by atoms with Gasteiger partial charge in [0.05, 0.1) is 28.6 Å². The van der Waals surface area contributed by atoms with Crippen LogP contribution < -0.4 is 20.1 Å². The van der Waals surface area contributed by atoms with Crippen molar-refractivity contribution in [1.82, 2.24) is 15.3 Å². The molecule has 1 aliphatic rings. The summed E-state index contributed by atoms with van der Waals surface area (Å²) in [6, 6.07) is 14.6. The van der Waals surface area contributed by atoms with Crippen LogP contribution in [-0.2, 0) is 11.4 Å². The maximum Gasteiger partial charge on any atom is 0.269 e. The zero-order valence-electron chi connectivity index (χ0n) is 22.5. The van der Waals surface area contributed by atoms with Gasteiger partial charge in [0.25, 0.3) is 11.8 Å². The molecule has 0 radical (unpaired) electrons. The third kappa shape index (κ3) is 6.05. The molecule has 1 atom stereocenters. The molecule has 0 aliphatic carbocycles. The van der Waals surface area contributed by atoms with Gasteiger partial charge in [-0.3, -0.25) is 14.6 Å².